The summed E-state index contributed by atoms with van der Waals surface area (Å²) in [5, 5.41) is 2.31. The predicted octanol–water partition coefficient (Wildman–Crippen LogP) is 6.34. The number of amidine groups is 2. The summed E-state index contributed by atoms with van der Waals surface area (Å²) < 4.78 is 0. The quantitative estimate of drug-likeness (QED) is 0.307. The number of nitrogens with two attached hydrogens (primary N) is 1. The van der Waals surface area contributed by atoms with Gasteiger partial charge in [0, 0.05) is 11.1 Å². The first-order valence-electron chi connectivity index (χ1n) is 9.99. The van der Waals surface area contributed by atoms with Gasteiger partial charge in [0.2, 0.25) is 0 Å². The van der Waals surface area contributed by atoms with E-state index in [0.29, 0.717) is 17.4 Å². The van der Waals surface area contributed by atoms with Crippen molar-refractivity contribution in [2.75, 3.05) is 0 Å². The number of hydrogen-bond donors (Lipinski definition) is 1. The molecule has 0 heterocycles. The van der Waals surface area contributed by atoms with Crippen LogP contribution in [0.25, 0.3) is 10.8 Å². The highest BCUT2D eigenvalue weighted by Gasteiger charge is 2.09. The standard InChI is InChI=1S/C27H27N3/c1-5-10-21(6-2)20(4)29-27(30-26(28)22-11-8-7-9-12-22)25-16-15-23-17-19(3)13-14-24(23)18-25/h5-18H,4H2,1-3H3,(H2,28,29,30)/b10-5-,21-6+. The molecule has 30 heavy (non-hydrogen) atoms. The second kappa shape index (κ2) is 9.66. The first kappa shape index (κ1) is 21.0. The average molecular weight is 394 g/mol. The van der Waals surface area contributed by atoms with Crippen LogP contribution in [0.15, 0.2) is 113 Å². The lowest BCUT2D eigenvalue weighted by Crippen LogP contribution is -2.16. The van der Waals surface area contributed by atoms with E-state index in [9.17, 15) is 0 Å². The van der Waals surface area contributed by atoms with Crippen molar-refractivity contribution in [2.24, 2.45) is 15.7 Å². The minimum atomic E-state index is 0.416. The van der Waals surface area contributed by atoms with Gasteiger partial charge in [-0.1, -0.05) is 91.0 Å². The highest BCUT2D eigenvalue weighted by atomic mass is 15.0. The molecule has 0 bridgehead atoms. The fourth-order valence-corrected chi connectivity index (χ4v) is 3.18. The van der Waals surface area contributed by atoms with Gasteiger partial charge in [0.05, 0.1) is 5.70 Å². The molecule has 3 aromatic rings. The molecule has 0 spiro atoms. The van der Waals surface area contributed by atoms with E-state index in [0.717, 1.165) is 22.1 Å². The number of aryl methyl sites for hydroxylation is 1. The molecule has 0 aliphatic heterocycles. The summed E-state index contributed by atoms with van der Waals surface area (Å²) in [7, 11) is 0. The lowest BCUT2D eigenvalue weighted by atomic mass is 10.0. The van der Waals surface area contributed by atoms with Crippen LogP contribution in [0.3, 0.4) is 0 Å². The Kier molecular flexibility index (Phi) is 6.76. The van der Waals surface area contributed by atoms with Crippen LogP contribution in [-0.2, 0) is 0 Å². The van der Waals surface area contributed by atoms with Crippen molar-refractivity contribution in [2.45, 2.75) is 20.8 Å². The van der Waals surface area contributed by atoms with Gasteiger partial charge < -0.3 is 5.73 Å². The Balaban J connectivity index is 2.13. The van der Waals surface area contributed by atoms with Crippen LogP contribution in [0.1, 0.15) is 30.5 Å². The molecular formula is C27H27N3. The highest BCUT2D eigenvalue weighted by molar-refractivity contribution is 6.12. The minimum Gasteiger partial charge on any atom is -0.383 e. The summed E-state index contributed by atoms with van der Waals surface area (Å²) in [6.07, 6.45) is 5.93. The summed E-state index contributed by atoms with van der Waals surface area (Å²) in [6, 6.07) is 22.3. The van der Waals surface area contributed by atoms with Crippen molar-refractivity contribution < 1.29 is 0 Å². The van der Waals surface area contributed by atoms with Gasteiger partial charge in [-0.25, -0.2) is 9.98 Å². The van der Waals surface area contributed by atoms with Gasteiger partial charge in [-0.05, 0) is 43.2 Å². The zero-order chi connectivity index (χ0) is 21.5. The van der Waals surface area contributed by atoms with E-state index in [1.54, 1.807) is 0 Å². The largest absolute Gasteiger partial charge is 0.383 e. The maximum atomic E-state index is 6.32. The number of fused-ring (bicyclic) bond motifs is 1. The van der Waals surface area contributed by atoms with E-state index < -0.39 is 0 Å². The maximum absolute atomic E-state index is 6.32. The van der Waals surface area contributed by atoms with Crippen LogP contribution in [0.2, 0.25) is 0 Å². The monoisotopic (exact) mass is 393 g/mol. The van der Waals surface area contributed by atoms with Gasteiger partial charge in [0.1, 0.15) is 5.84 Å². The number of hydrogen-bond acceptors (Lipinski definition) is 1. The first-order chi connectivity index (χ1) is 14.5. The topological polar surface area (TPSA) is 50.7 Å². The van der Waals surface area contributed by atoms with E-state index >= 15 is 0 Å². The van der Waals surface area contributed by atoms with E-state index in [2.05, 4.69) is 43.8 Å². The van der Waals surface area contributed by atoms with Crippen molar-refractivity contribution in [1.82, 2.24) is 0 Å². The second-order valence-corrected chi connectivity index (χ2v) is 7.05. The van der Waals surface area contributed by atoms with Crippen LogP contribution >= 0.6 is 0 Å². The van der Waals surface area contributed by atoms with Gasteiger partial charge in [-0.2, -0.15) is 0 Å². The fraction of sp³-hybridized carbons (Fsp3) is 0.111. The molecule has 3 nitrogen and oxygen atoms in total. The molecular weight excluding hydrogens is 366 g/mol. The number of allylic oxidation sites excluding steroid dienone is 3. The van der Waals surface area contributed by atoms with Gasteiger partial charge >= 0.3 is 0 Å². The molecule has 3 rings (SSSR count). The molecule has 150 valence electrons. The summed E-state index contributed by atoms with van der Waals surface area (Å²) in [5.41, 5.74) is 10.9. The number of nitrogens with zero attached hydrogens (tertiary/aromatic N) is 2. The zero-order valence-corrected chi connectivity index (χ0v) is 17.8. The first-order valence-corrected chi connectivity index (χ1v) is 9.99. The van der Waals surface area contributed by atoms with Crippen molar-refractivity contribution in [1.29, 1.82) is 0 Å². The Bertz CT molecular complexity index is 1180. The Morgan fingerprint density at radius 2 is 1.57 bits per heavy atom. The molecule has 0 atom stereocenters. The molecule has 0 aliphatic carbocycles. The van der Waals surface area contributed by atoms with Crippen molar-refractivity contribution in [3.05, 3.63) is 119 Å². The van der Waals surface area contributed by atoms with Crippen LogP contribution in [0.5, 0.6) is 0 Å². The lowest BCUT2D eigenvalue weighted by molar-refractivity contribution is 1.31. The van der Waals surface area contributed by atoms with Gasteiger partial charge in [-0.3, -0.25) is 0 Å². The third kappa shape index (κ3) is 5.00. The number of benzene rings is 3. The van der Waals surface area contributed by atoms with Crippen LogP contribution < -0.4 is 5.73 Å². The van der Waals surface area contributed by atoms with E-state index in [4.69, 9.17) is 15.7 Å². The summed E-state index contributed by atoms with van der Waals surface area (Å²) in [5.74, 6) is 0.951. The molecule has 0 saturated carbocycles. The number of rotatable bonds is 5. The van der Waals surface area contributed by atoms with Crippen LogP contribution in [0, 0.1) is 6.92 Å². The molecule has 0 saturated heterocycles. The summed E-state index contributed by atoms with van der Waals surface area (Å²) in [6.45, 7) is 10.2. The lowest BCUT2D eigenvalue weighted by Gasteiger charge is -2.09. The average Bonchev–Trinajstić information content (AvgIpc) is 2.77. The maximum Gasteiger partial charge on any atom is 0.162 e. The third-order valence-corrected chi connectivity index (χ3v) is 4.78. The molecule has 2 N–H and O–H groups in total. The van der Waals surface area contributed by atoms with E-state index in [1.807, 2.05) is 68.5 Å². The fourth-order valence-electron chi connectivity index (χ4n) is 3.18. The predicted molar refractivity (Wildman–Crippen MR) is 130 cm³/mol. The highest BCUT2D eigenvalue weighted by Crippen LogP contribution is 2.20. The molecule has 3 heteroatoms. The molecule has 0 aliphatic rings. The Labute approximate surface area is 178 Å². The normalized spacial score (nSPS) is 13.2. The van der Waals surface area contributed by atoms with Crippen LogP contribution in [0.4, 0.5) is 0 Å². The smallest absolute Gasteiger partial charge is 0.162 e. The summed E-state index contributed by atoms with van der Waals surface area (Å²) in [4.78, 5) is 9.45. The van der Waals surface area contributed by atoms with Gasteiger partial charge in [0.25, 0.3) is 0 Å². The zero-order valence-electron chi connectivity index (χ0n) is 17.8. The molecule has 0 radical (unpaired) electrons. The van der Waals surface area contributed by atoms with Crippen molar-refractivity contribution in [3.63, 3.8) is 0 Å². The van der Waals surface area contributed by atoms with Crippen molar-refractivity contribution in [3.8, 4) is 0 Å². The third-order valence-electron chi connectivity index (χ3n) is 4.78. The van der Waals surface area contributed by atoms with E-state index in [-0.39, 0.29) is 0 Å². The molecule has 3 aromatic carbocycles. The molecule has 0 aromatic heterocycles. The Hall–Kier alpha value is -3.72. The SMILES string of the molecule is C=C(N=C(N=C(N)c1ccccc1)c1ccc2cc(C)ccc2c1)C(/C=C\C)=C/C. The number of aliphatic imine (C=N–C) groups is 2. The summed E-state index contributed by atoms with van der Waals surface area (Å²) >= 11 is 0. The second-order valence-electron chi connectivity index (χ2n) is 7.05. The van der Waals surface area contributed by atoms with E-state index in [1.165, 1.54) is 10.9 Å². The Morgan fingerprint density at radius 3 is 2.27 bits per heavy atom. The van der Waals surface area contributed by atoms with Crippen LogP contribution in [-0.4, -0.2) is 11.7 Å². The molecule has 0 amide bonds. The molecule has 0 unspecified atom stereocenters. The Morgan fingerprint density at radius 1 is 0.867 bits per heavy atom. The van der Waals surface area contributed by atoms with Crippen molar-refractivity contribution >= 4 is 22.4 Å². The van der Waals surface area contributed by atoms with Gasteiger partial charge in [0.15, 0.2) is 5.84 Å². The molecule has 0 fully saturated rings. The minimum absolute atomic E-state index is 0.416. The van der Waals surface area contributed by atoms with Gasteiger partial charge in [-0.15, -0.1) is 0 Å².